The van der Waals surface area contributed by atoms with E-state index in [1.807, 2.05) is 31.5 Å². The van der Waals surface area contributed by atoms with Gasteiger partial charge < -0.3 is 4.90 Å². The van der Waals surface area contributed by atoms with Crippen LogP contribution in [0.1, 0.15) is 63.1 Å². The van der Waals surface area contributed by atoms with E-state index in [1.165, 1.54) is 16.4 Å². The maximum absolute atomic E-state index is 13.2. The third-order valence-electron chi connectivity index (χ3n) is 5.38. The Labute approximate surface area is 183 Å². The molecule has 2 heterocycles. The minimum Gasteiger partial charge on any atom is -0.336 e. The van der Waals surface area contributed by atoms with E-state index < -0.39 is 15.8 Å². The van der Waals surface area contributed by atoms with Gasteiger partial charge in [0.25, 0.3) is 5.91 Å². The van der Waals surface area contributed by atoms with Crippen molar-refractivity contribution in [2.75, 3.05) is 26.2 Å². The molecule has 0 aliphatic carbocycles. The zero-order valence-corrected chi connectivity index (χ0v) is 19.6. The van der Waals surface area contributed by atoms with Crippen LogP contribution in [0.4, 0.5) is 4.39 Å². The smallest absolute Gasteiger partial charge is 0.274 e. The molecule has 1 aromatic heterocycles. The normalized spacial score (nSPS) is 16.5. The maximum atomic E-state index is 13.2. The molecule has 1 fully saturated rings. The van der Waals surface area contributed by atoms with Crippen LogP contribution in [-0.2, 0) is 15.6 Å². The van der Waals surface area contributed by atoms with Crippen molar-refractivity contribution in [3.05, 3.63) is 47.5 Å². The summed E-state index contributed by atoms with van der Waals surface area (Å²) in [5.41, 5.74) is 1.12. The van der Waals surface area contributed by atoms with Gasteiger partial charge in [0.1, 0.15) is 5.82 Å². The number of hydrogen-bond donors (Lipinski definition) is 0. The molecule has 170 valence electrons. The summed E-state index contributed by atoms with van der Waals surface area (Å²) in [6.45, 7) is 11.5. The van der Waals surface area contributed by atoms with E-state index >= 15 is 0 Å². The van der Waals surface area contributed by atoms with Crippen molar-refractivity contribution in [1.29, 1.82) is 0 Å². The van der Waals surface area contributed by atoms with Crippen LogP contribution in [0.2, 0.25) is 0 Å². The fourth-order valence-corrected chi connectivity index (χ4v) is 5.17. The minimum absolute atomic E-state index is 0.0548. The molecule has 2 aromatic rings. The minimum atomic E-state index is -3.74. The molecule has 1 aliphatic rings. The summed E-state index contributed by atoms with van der Waals surface area (Å²) in [6.07, 6.45) is 0.517. The molecule has 1 saturated heterocycles. The van der Waals surface area contributed by atoms with Crippen molar-refractivity contribution in [3.8, 4) is 0 Å². The Balaban J connectivity index is 1.78. The number of sulfonamides is 1. The fourth-order valence-electron chi connectivity index (χ4n) is 3.70. The Morgan fingerprint density at radius 2 is 1.71 bits per heavy atom. The molecular formula is C22H31FN4O3S. The van der Waals surface area contributed by atoms with E-state index in [0.717, 1.165) is 17.8 Å². The van der Waals surface area contributed by atoms with E-state index in [0.29, 0.717) is 25.2 Å². The quantitative estimate of drug-likeness (QED) is 0.715. The number of aromatic nitrogens is 2. The lowest BCUT2D eigenvalue weighted by Crippen LogP contribution is -2.37. The molecule has 1 aliphatic heterocycles. The number of rotatable bonds is 4. The Morgan fingerprint density at radius 3 is 2.26 bits per heavy atom. The number of amides is 1. The molecule has 0 saturated carbocycles. The van der Waals surface area contributed by atoms with E-state index in [2.05, 4.69) is 18.9 Å². The summed E-state index contributed by atoms with van der Waals surface area (Å²) in [6, 6.07) is 6.66. The first-order valence-electron chi connectivity index (χ1n) is 10.6. The highest BCUT2D eigenvalue weighted by Gasteiger charge is 2.30. The number of nitrogens with zero attached hydrogens (tertiary/aromatic N) is 4. The summed E-state index contributed by atoms with van der Waals surface area (Å²) in [5.74, 6) is -0.457. The highest BCUT2D eigenvalue weighted by atomic mass is 32.2. The van der Waals surface area contributed by atoms with Gasteiger partial charge in [-0.25, -0.2) is 12.8 Å². The molecule has 3 rings (SSSR count). The van der Waals surface area contributed by atoms with Crippen LogP contribution in [0.15, 0.2) is 35.2 Å². The largest absolute Gasteiger partial charge is 0.336 e. The monoisotopic (exact) mass is 450 g/mol. The molecule has 9 heteroatoms. The van der Waals surface area contributed by atoms with Crippen molar-refractivity contribution in [2.45, 2.75) is 57.4 Å². The molecule has 1 amide bonds. The van der Waals surface area contributed by atoms with Gasteiger partial charge in [-0.3, -0.25) is 9.48 Å². The molecule has 7 nitrogen and oxygen atoms in total. The van der Waals surface area contributed by atoms with Gasteiger partial charge in [-0.1, -0.05) is 13.8 Å². The molecule has 0 N–H and O–H groups in total. The molecular weight excluding hydrogens is 419 g/mol. The fraction of sp³-hybridized carbons (Fsp3) is 0.545. The number of carbonyl (C=O) groups is 1. The van der Waals surface area contributed by atoms with Gasteiger partial charge in [0.05, 0.1) is 10.4 Å². The van der Waals surface area contributed by atoms with Crippen LogP contribution in [0.25, 0.3) is 0 Å². The average molecular weight is 451 g/mol. The van der Waals surface area contributed by atoms with Gasteiger partial charge in [0.2, 0.25) is 10.0 Å². The van der Waals surface area contributed by atoms with Crippen LogP contribution in [0, 0.1) is 5.82 Å². The van der Waals surface area contributed by atoms with Crippen molar-refractivity contribution >= 4 is 15.9 Å². The van der Waals surface area contributed by atoms with Crippen LogP contribution >= 0.6 is 0 Å². The molecule has 0 radical (unpaired) electrons. The Bertz CT molecular complexity index is 1040. The van der Waals surface area contributed by atoms with Crippen molar-refractivity contribution < 1.29 is 17.6 Å². The zero-order chi connectivity index (χ0) is 23.0. The first-order chi connectivity index (χ1) is 14.4. The van der Waals surface area contributed by atoms with E-state index in [4.69, 9.17) is 0 Å². The molecule has 0 spiro atoms. The van der Waals surface area contributed by atoms with Gasteiger partial charge in [-0.2, -0.15) is 9.40 Å². The van der Waals surface area contributed by atoms with Gasteiger partial charge in [-0.15, -0.1) is 0 Å². The lowest BCUT2D eigenvalue weighted by atomic mass is 10.1. The van der Waals surface area contributed by atoms with E-state index in [9.17, 15) is 17.6 Å². The number of carbonyl (C=O) groups excluding carboxylic acids is 1. The van der Waals surface area contributed by atoms with Crippen LogP contribution in [-0.4, -0.2) is 59.5 Å². The van der Waals surface area contributed by atoms with Crippen LogP contribution < -0.4 is 0 Å². The highest BCUT2D eigenvalue weighted by Crippen LogP contribution is 2.25. The Morgan fingerprint density at radius 1 is 1.06 bits per heavy atom. The Hall–Kier alpha value is -2.26. The predicted octanol–water partition coefficient (Wildman–Crippen LogP) is 3.44. The summed E-state index contributed by atoms with van der Waals surface area (Å²) < 4.78 is 42.3. The lowest BCUT2D eigenvalue weighted by Gasteiger charge is -2.24. The number of halogens is 1. The second kappa shape index (κ2) is 8.70. The average Bonchev–Trinajstić information content (AvgIpc) is 3.00. The van der Waals surface area contributed by atoms with Crippen LogP contribution in [0.3, 0.4) is 0 Å². The first kappa shape index (κ1) is 23.4. The Kier molecular flexibility index (Phi) is 6.57. The van der Waals surface area contributed by atoms with E-state index in [1.54, 1.807) is 4.90 Å². The standard InChI is InChI=1S/C22H31FN4O3S/c1-16(2)20-15-19(24-27(20)22(3,4)5)21(28)25-11-6-12-26(14-13-25)31(29,30)18-9-7-17(23)8-10-18/h7-10,15-16H,6,11-14H2,1-5H3. The molecule has 0 unspecified atom stereocenters. The first-order valence-corrected chi connectivity index (χ1v) is 12.0. The van der Waals surface area contributed by atoms with E-state index in [-0.39, 0.29) is 35.3 Å². The SMILES string of the molecule is CC(C)c1cc(C(=O)N2CCCN(S(=O)(=O)c3ccc(F)cc3)CC2)nn1C(C)(C)C. The maximum Gasteiger partial charge on any atom is 0.274 e. The third kappa shape index (κ3) is 4.98. The molecule has 0 atom stereocenters. The summed E-state index contributed by atoms with van der Waals surface area (Å²) >= 11 is 0. The van der Waals surface area contributed by atoms with Crippen LogP contribution in [0.5, 0.6) is 0 Å². The van der Waals surface area contributed by atoms with Gasteiger partial charge in [-0.05, 0) is 63.4 Å². The second-order valence-corrected chi connectivity index (χ2v) is 11.1. The highest BCUT2D eigenvalue weighted by molar-refractivity contribution is 7.89. The zero-order valence-electron chi connectivity index (χ0n) is 18.8. The second-order valence-electron chi connectivity index (χ2n) is 9.20. The molecule has 1 aromatic carbocycles. The topological polar surface area (TPSA) is 75.5 Å². The third-order valence-corrected chi connectivity index (χ3v) is 7.29. The van der Waals surface area contributed by atoms with Gasteiger partial charge in [0.15, 0.2) is 5.69 Å². The summed E-state index contributed by atoms with van der Waals surface area (Å²) in [7, 11) is -3.74. The van der Waals surface area contributed by atoms with Crippen molar-refractivity contribution in [2.24, 2.45) is 0 Å². The van der Waals surface area contributed by atoms with Crippen molar-refractivity contribution in [1.82, 2.24) is 19.0 Å². The van der Waals surface area contributed by atoms with Gasteiger partial charge in [0, 0.05) is 31.9 Å². The molecule has 0 bridgehead atoms. The number of hydrogen-bond acceptors (Lipinski definition) is 4. The lowest BCUT2D eigenvalue weighted by molar-refractivity contribution is 0.0756. The molecule has 31 heavy (non-hydrogen) atoms. The van der Waals surface area contributed by atoms with Gasteiger partial charge >= 0.3 is 0 Å². The summed E-state index contributed by atoms with van der Waals surface area (Å²) in [4.78, 5) is 14.9. The van der Waals surface area contributed by atoms with Crippen molar-refractivity contribution in [3.63, 3.8) is 0 Å². The number of benzene rings is 1. The summed E-state index contributed by atoms with van der Waals surface area (Å²) in [5, 5.41) is 4.59. The predicted molar refractivity (Wildman–Crippen MR) is 117 cm³/mol.